The predicted molar refractivity (Wildman–Crippen MR) is 87.6 cm³/mol. The lowest BCUT2D eigenvalue weighted by Crippen LogP contribution is -2.48. The minimum atomic E-state index is -0.712. The summed E-state index contributed by atoms with van der Waals surface area (Å²) in [6.45, 7) is 1.53. The average Bonchev–Trinajstić information content (AvgIpc) is 2.54. The molecular formula is C16H20ClN3O4. The van der Waals surface area contributed by atoms with Gasteiger partial charge in [0.25, 0.3) is 5.91 Å². The molecule has 2 N–H and O–H groups in total. The number of amides is 3. The summed E-state index contributed by atoms with van der Waals surface area (Å²) in [7, 11) is 0. The van der Waals surface area contributed by atoms with E-state index in [-0.39, 0.29) is 16.8 Å². The Balaban J connectivity index is 1.74. The van der Waals surface area contributed by atoms with Crippen LogP contribution in [0.15, 0.2) is 18.3 Å². The van der Waals surface area contributed by atoms with Crippen LogP contribution in [0, 0.1) is 5.92 Å². The standard InChI is InChI=1S/C16H20ClN3O4/c1-10-4-2-3-5-12(10)19-16(23)20-14(21)9-24-15(22)11-6-7-18-13(17)8-11/h6-8,10,12H,2-5,9H2,1H3,(H2,19,20,21,23). The number of halogens is 1. The molecule has 1 heterocycles. The largest absolute Gasteiger partial charge is 0.452 e. The van der Waals surface area contributed by atoms with Gasteiger partial charge in [0.2, 0.25) is 0 Å². The zero-order valence-corrected chi connectivity index (χ0v) is 14.1. The molecule has 0 saturated heterocycles. The molecule has 1 aliphatic rings. The van der Waals surface area contributed by atoms with Crippen molar-refractivity contribution in [2.75, 3.05) is 6.61 Å². The molecule has 24 heavy (non-hydrogen) atoms. The first kappa shape index (κ1) is 18.2. The smallest absolute Gasteiger partial charge is 0.338 e. The maximum Gasteiger partial charge on any atom is 0.338 e. The van der Waals surface area contributed by atoms with E-state index in [0.717, 1.165) is 25.7 Å². The molecule has 1 aromatic heterocycles. The summed E-state index contributed by atoms with van der Waals surface area (Å²) in [4.78, 5) is 39.0. The summed E-state index contributed by atoms with van der Waals surface area (Å²) in [5.74, 6) is -1.02. The molecule has 0 bridgehead atoms. The maximum atomic E-state index is 11.8. The fourth-order valence-corrected chi connectivity index (χ4v) is 2.82. The van der Waals surface area contributed by atoms with E-state index in [1.54, 1.807) is 0 Å². The van der Waals surface area contributed by atoms with Gasteiger partial charge in [0, 0.05) is 12.2 Å². The van der Waals surface area contributed by atoms with Crippen LogP contribution in [0.5, 0.6) is 0 Å². The number of nitrogens with one attached hydrogen (secondary N) is 2. The highest BCUT2D eigenvalue weighted by molar-refractivity contribution is 6.29. The van der Waals surface area contributed by atoms with Gasteiger partial charge in [-0.15, -0.1) is 0 Å². The van der Waals surface area contributed by atoms with Crippen LogP contribution in [0.2, 0.25) is 5.15 Å². The van der Waals surface area contributed by atoms with Crippen molar-refractivity contribution in [2.24, 2.45) is 5.92 Å². The highest BCUT2D eigenvalue weighted by atomic mass is 35.5. The van der Waals surface area contributed by atoms with Crippen molar-refractivity contribution < 1.29 is 19.1 Å². The number of esters is 1. The number of pyridine rings is 1. The molecule has 1 saturated carbocycles. The Morgan fingerprint density at radius 2 is 2.08 bits per heavy atom. The topological polar surface area (TPSA) is 97.4 Å². The summed E-state index contributed by atoms with van der Waals surface area (Å²) >= 11 is 5.67. The van der Waals surface area contributed by atoms with Gasteiger partial charge in [-0.05, 0) is 30.9 Å². The van der Waals surface area contributed by atoms with Crippen molar-refractivity contribution in [3.63, 3.8) is 0 Å². The molecular weight excluding hydrogens is 334 g/mol. The molecule has 1 aromatic rings. The highest BCUT2D eigenvalue weighted by Crippen LogP contribution is 2.23. The summed E-state index contributed by atoms with van der Waals surface area (Å²) < 4.78 is 4.84. The molecule has 2 rings (SSSR count). The molecule has 3 amide bonds. The third kappa shape index (κ3) is 5.49. The van der Waals surface area contributed by atoms with Crippen LogP contribution >= 0.6 is 11.6 Å². The molecule has 1 fully saturated rings. The van der Waals surface area contributed by atoms with Gasteiger partial charge in [-0.2, -0.15) is 0 Å². The molecule has 130 valence electrons. The van der Waals surface area contributed by atoms with Crippen LogP contribution in [0.1, 0.15) is 43.0 Å². The zero-order chi connectivity index (χ0) is 17.5. The number of carbonyl (C=O) groups excluding carboxylic acids is 3. The molecule has 0 aliphatic heterocycles. The number of nitrogens with zero attached hydrogens (tertiary/aromatic N) is 1. The van der Waals surface area contributed by atoms with Gasteiger partial charge >= 0.3 is 12.0 Å². The van der Waals surface area contributed by atoms with E-state index in [0.29, 0.717) is 5.92 Å². The molecule has 2 unspecified atom stereocenters. The fraction of sp³-hybridized carbons (Fsp3) is 0.500. The van der Waals surface area contributed by atoms with Gasteiger partial charge in [-0.25, -0.2) is 14.6 Å². The van der Waals surface area contributed by atoms with Gasteiger partial charge in [0.05, 0.1) is 5.56 Å². The van der Waals surface area contributed by atoms with Gasteiger partial charge in [-0.3, -0.25) is 10.1 Å². The van der Waals surface area contributed by atoms with E-state index in [1.165, 1.54) is 18.3 Å². The summed E-state index contributed by atoms with van der Waals surface area (Å²) in [6, 6.07) is 2.25. The lowest BCUT2D eigenvalue weighted by Gasteiger charge is -2.29. The number of rotatable bonds is 4. The molecule has 0 radical (unpaired) electrons. The SMILES string of the molecule is CC1CCCCC1NC(=O)NC(=O)COC(=O)c1ccnc(Cl)c1. The van der Waals surface area contributed by atoms with Gasteiger partial charge in [-0.1, -0.05) is 31.4 Å². The van der Waals surface area contributed by atoms with Crippen molar-refractivity contribution in [1.29, 1.82) is 0 Å². The van der Waals surface area contributed by atoms with E-state index in [2.05, 4.69) is 22.5 Å². The molecule has 1 aliphatic carbocycles. The maximum absolute atomic E-state index is 11.8. The molecule has 0 aromatic carbocycles. The van der Waals surface area contributed by atoms with E-state index >= 15 is 0 Å². The van der Waals surface area contributed by atoms with Gasteiger partial charge in [0.15, 0.2) is 6.61 Å². The van der Waals surface area contributed by atoms with Crippen LogP contribution in [-0.2, 0) is 9.53 Å². The molecule has 2 atom stereocenters. The van der Waals surface area contributed by atoms with Crippen LogP contribution in [0.25, 0.3) is 0 Å². The summed E-state index contributed by atoms with van der Waals surface area (Å²) in [5.41, 5.74) is 0.184. The lowest BCUT2D eigenvalue weighted by molar-refractivity contribution is -0.123. The normalized spacial score (nSPS) is 20.1. The quantitative estimate of drug-likeness (QED) is 0.639. The Kier molecular flexibility index (Phi) is 6.54. The second-order valence-electron chi connectivity index (χ2n) is 5.83. The van der Waals surface area contributed by atoms with E-state index < -0.39 is 24.5 Å². The Morgan fingerprint density at radius 3 is 2.79 bits per heavy atom. The first-order valence-corrected chi connectivity index (χ1v) is 8.22. The van der Waals surface area contributed by atoms with E-state index in [4.69, 9.17) is 16.3 Å². The number of hydrogen-bond donors (Lipinski definition) is 2. The Bertz CT molecular complexity index is 623. The molecule has 0 spiro atoms. The lowest BCUT2D eigenvalue weighted by atomic mass is 9.86. The van der Waals surface area contributed by atoms with E-state index in [1.807, 2.05) is 0 Å². The number of imide groups is 1. The van der Waals surface area contributed by atoms with E-state index in [9.17, 15) is 14.4 Å². The first-order chi connectivity index (χ1) is 11.5. The highest BCUT2D eigenvalue weighted by Gasteiger charge is 2.23. The minimum Gasteiger partial charge on any atom is -0.452 e. The number of aromatic nitrogens is 1. The summed E-state index contributed by atoms with van der Waals surface area (Å²) in [5, 5.41) is 5.10. The molecule has 8 heteroatoms. The van der Waals surface area contributed by atoms with Crippen molar-refractivity contribution >= 4 is 29.5 Å². The van der Waals surface area contributed by atoms with Gasteiger partial charge in [0.1, 0.15) is 5.15 Å². The van der Waals surface area contributed by atoms with Gasteiger partial charge < -0.3 is 10.1 Å². The van der Waals surface area contributed by atoms with Crippen LogP contribution in [0.3, 0.4) is 0 Å². The first-order valence-electron chi connectivity index (χ1n) is 7.84. The van der Waals surface area contributed by atoms with Crippen molar-refractivity contribution in [3.8, 4) is 0 Å². The second-order valence-corrected chi connectivity index (χ2v) is 6.22. The van der Waals surface area contributed by atoms with Crippen molar-refractivity contribution in [3.05, 3.63) is 29.0 Å². The Labute approximate surface area is 145 Å². The van der Waals surface area contributed by atoms with Crippen LogP contribution < -0.4 is 10.6 Å². The fourth-order valence-electron chi connectivity index (χ4n) is 2.64. The average molecular weight is 354 g/mol. The van der Waals surface area contributed by atoms with Crippen molar-refractivity contribution in [2.45, 2.75) is 38.6 Å². The predicted octanol–water partition coefficient (Wildman–Crippen LogP) is 2.30. The zero-order valence-electron chi connectivity index (χ0n) is 13.4. The number of ether oxygens (including phenoxy) is 1. The van der Waals surface area contributed by atoms with Crippen LogP contribution in [0.4, 0.5) is 4.79 Å². The second kappa shape index (κ2) is 8.63. The summed E-state index contributed by atoms with van der Waals surface area (Å²) in [6.07, 6.45) is 5.55. The van der Waals surface area contributed by atoms with Crippen molar-refractivity contribution in [1.82, 2.24) is 15.6 Å². The Morgan fingerprint density at radius 1 is 1.33 bits per heavy atom. The molecule has 7 nitrogen and oxygen atoms in total. The van der Waals surface area contributed by atoms with Crippen LogP contribution in [-0.4, -0.2) is 35.5 Å². The monoisotopic (exact) mass is 353 g/mol. The minimum absolute atomic E-state index is 0.0630. The number of urea groups is 1. The number of hydrogen-bond acceptors (Lipinski definition) is 5. The number of carbonyl (C=O) groups is 3. The Hall–Kier alpha value is -2.15. The third-order valence-electron chi connectivity index (χ3n) is 3.98. The third-order valence-corrected chi connectivity index (χ3v) is 4.18.